The zero-order valence-corrected chi connectivity index (χ0v) is 16.5. The van der Waals surface area contributed by atoms with E-state index in [1.807, 2.05) is 15.5 Å². The van der Waals surface area contributed by atoms with Crippen LogP contribution < -0.4 is 10.9 Å². The highest BCUT2D eigenvalue weighted by Crippen LogP contribution is 2.41. The molecule has 5 rings (SSSR count). The Labute approximate surface area is 172 Å². The van der Waals surface area contributed by atoms with E-state index in [-0.39, 0.29) is 35.3 Å². The van der Waals surface area contributed by atoms with Crippen LogP contribution in [0.5, 0.6) is 0 Å². The van der Waals surface area contributed by atoms with Crippen molar-refractivity contribution >= 4 is 22.8 Å². The number of benzene rings is 1. The number of aromatic amines is 1. The molecular weight excluding hydrogens is 384 g/mol. The number of fused-ring (bicyclic) bond motifs is 5. The number of H-pyrrole nitrogens is 1. The minimum absolute atomic E-state index is 0.0559. The third kappa shape index (κ3) is 3.06. The molecule has 9 heteroatoms. The maximum absolute atomic E-state index is 13.3. The molecule has 1 fully saturated rings. The van der Waals surface area contributed by atoms with Gasteiger partial charge in [-0.25, -0.2) is 0 Å². The van der Waals surface area contributed by atoms with Gasteiger partial charge in [0.2, 0.25) is 5.91 Å². The van der Waals surface area contributed by atoms with Gasteiger partial charge in [0.05, 0.1) is 6.04 Å². The van der Waals surface area contributed by atoms with Crippen molar-refractivity contribution in [1.29, 1.82) is 0 Å². The van der Waals surface area contributed by atoms with Crippen LogP contribution in [0, 0.1) is 5.92 Å². The number of carbonyl (C=O) groups is 2. The lowest BCUT2D eigenvalue weighted by Crippen LogP contribution is -2.53. The van der Waals surface area contributed by atoms with E-state index in [1.54, 1.807) is 30.3 Å². The maximum Gasteiger partial charge on any atom is 0.253 e. The number of rotatable bonds is 3. The number of hydrogen-bond acceptors (Lipinski definition) is 5. The van der Waals surface area contributed by atoms with E-state index in [2.05, 4.69) is 20.7 Å². The fourth-order valence-corrected chi connectivity index (χ4v) is 4.87. The molecule has 2 N–H and O–H groups in total. The highest BCUT2D eigenvalue weighted by Gasteiger charge is 2.41. The second-order valence-corrected chi connectivity index (χ2v) is 8.09. The normalized spacial score (nSPS) is 22.6. The van der Waals surface area contributed by atoms with Gasteiger partial charge in [-0.05, 0) is 36.6 Å². The predicted molar refractivity (Wildman–Crippen MR) is 109 cm³/mol. The quantitative estimate of drug-likeness (QED) is 0.675. The number of hydrogen-bond donors (Lipinski definition) is 2. The van der Waals surface area contributed by atoms with E-state index in [0.29, 0.717) is 36.2 Å². The van der Waals surface area contributed by atoms with E-state index in [0.717, 1.165) is 12.1 Å². The van der Waals surface area contributed by atoms with Crippen molar-refractivity contribution in [2.75, 3.05) is 19.6 Å². The van der Waals surface area contributed by atoms with Crippen LogP contribution >= 0.6 is 0 Å². The van der Waals surface area contributed by atoms with Crippen LogP contribution in [0.3, 0.4) is 0 Å². The first-order valence-corrected chi connectivity index (χ1v) is 10.1. The first kappa shape index (κ1) is 18.5. The first-order valence-electron chi connectivity index (χ1n) is 10.1. The predicted octanol–water partition coefficient (Wildman–Crippen LogP) is 1.06. The summed E-state index contributed by atoms with van der Waals surface area (Å²) in [6, 6.07) is 10.4. The van der Waals surface area contributed by atoms with Gasteiger partial charge in [-0.1, -0.05) is 6.07 Å². The fraction of sp³-hybridized carbons (Fsp3) is 0.381. The summed E-state index contributed by atoms with van der Waals surface area (Å²) in [5, 5.41) is 13.5. The zero-order valence-electron chi connectivity index (χ0n) is 16.5. The minimum atomic E-state index is -0.178. The van der Waals surface area contributed by atoms with E-state index in [1.165, 1.54) is 6.92 Å². The van der Waals surface area contributed by atoms with Crippen molar-refractivity contribution in [3.05, 3.63) is 58.0 Å². The molecule has 1 saturated heterocycles. The van der Waals surface area contributed by atoms with Crippen LogP contribution in [0.1, 0.15) is 41.4 Å². The lowest BCUT2D eigenvalue weighted by Gasteiger charge is -2.47. The van der Waals surface area contributed by atoms with Crippen molar-refractivity contribution in [3.8, 4) is 0 Å². The number of amides is 2. The number of nitrogens with zero attached hydrogens (tertiary/aromatic N) is 4. The molecule has 2 aliphatic heterocycles. The summed E-state index contributed by atoms with van der Waals surface area (Å²) >= 11 is 0. The monoisotopic (exact) mass is 406 g/mol. The number of pyridine rings is 1. The Balaban J connectivity index is 1.48. The Kier molecular flexibility index (Phi) is 4.38. The third-order valence-electron chi connectivity index (χ3n) is 6.21. The van der Waals surface area contributed by atoms with Gasteiger partial charge in [-0.2, -0.15) is 15.4 Å². The van der Waals surface area contributed by atoms with Crippen LogP contribution in [0.25, 0.3) is 11.0 Å². The zero-order chi connectivity index (χ0) is 20.8. The van der Waals surface area contributed by atoms with Crippen LogP contribution in [0.4, 0.5) is 0 Å². The van der Waals surface area contributed by atoms with E-state index >= 15 is 0 Å². The summed E-state index contributed by atoms with van der Waals surface area (Å²) in [6.45, 7) is 2.94. The second kappa shape index (κ2) is 7.08. The summed E-state index contributed by atoms with van der Waals surface area (Å²) in [5.41, 5.74) is 2.80. The SMILES string of the molecule is CC(=O)NC[C@H]1[C@H]2C[C@H](CN(C(=O)c3ccc4n[nH]nc4c3)C2)c2cccc(=O)n21. The molecule has 9 nitrogen and oxygen atoms in total. The molecule has 0 aliphatic carbocycles. The Morgan fingerprint density at radius 1 is 1.17 bits per heavy atom. The van der Waals surface area contributed by atoms with Crippen molar-refractivity contribution in [3.63, 3.8) is 0 Å². The molecule has 2 aromatic heterocycles. The number of piperidine rings is 1. The highest BCUT2D eigenvalue weighted by atomic mass is 16.2. The number of nitrogens with one attached hydrogen (secondary N) is 2. The van der Waals surface area contributed by atoms with Gasteiger partial charge in [-0.3, -0.25) is 14.4 Å². The van der Waals surface area contributed by atoms with Gasteiger partial charge in [0, 0.05) is 49.8 Å². The van der Waals surface area contributed by atoms with Crippen molar-refractivity contribution in [2.45, 2.75) is 25.3 Å². The Morgan fingerprint density at radius 2 is 2.00 bits per heavy atom. The lowest BCUT2D eigenvalue weighted by molar-refractivity contribution is -0.119. The molecule has 0 radical (unpaired) electrons. The number of likely N-dealkylation sites (tertiary alicyclic amines) is 1. The smallest absolute Gasteiger partial charge is 0.253 e. The van der Waals surface area contributed by atoms with Crippen LogP contribution in [0.15, 0.2) is 41.2 Å². The largest absolute Gasteiger partial charge is 0.354 e. The summed E-state index contributed by atoms with van der Waals surface area (Å²) in [7, 11) is 0. The Bertz CT molecular complexity index is 1200. The maximum atomic E-state index is 13.3. The van der Waals surface area contributed by atoms with Crippen LogP contribution in [-0.2, 0) is 4.79 Å². The van der Waals surface area contributed by atoms with E-state index in [4.69, 9.17) is 0 Å². The minimum Gasteiger partial charge on any atom is -0.354 e. The molecule has 3 atom stereocenters. The Hall–Kier alpha value is -3.49. The lowest BCUT2D eigenvalue weighted by atomic mass is 9.78. The standard InChI is InChI=1S/C21H22N6O3/c1-12(28)22-9-19-15-7-14(18-3-2-4-20(29)27(18)19)10-26(11-15)21(30)13-5-6-16-17(8-13)24-25-23-16/h2-6,8,14-15,19H,7,9-11H2,1H3,(H,22,28)(H,23,24,25)/t14-,15+,19+/m1/s1. The summed E-state index contributed by atoms with van der Waals surface area (Å²) in [6.07, 6.45) is 0.889. The third-order valence-corrected chi connectivity index (χ3v) is 6.21. The summed E-state index contributed by atoms with van der Waals surface area (Å²) in [5.74, 6) is -0.0131. The molecule has 30 heavy (non-hydrogen) atoms. The first-order chi connectivity index (χ1) is 14.5. The van der Waals surface area contributed by atoms with Crippen molar-refractivity contribution in [1.82, 2.24) is 30.2 Å². The average Bonchev–Trinajstić information content (AvgIpc) is 3.21. The summed E-state index contributed by atoms with van der Waals surface area (Å²) < 4.78 is 1.82. The van der Waals surface area contributed by atoms with Gasteiger partial charge < -0.3 is 14.8 Å². The molecule has 2 bridgehead atoms. The van der Waals surface area contributed by atoms with Crippen LogP contribution in [-0.4, -0.2) is 56.3 Å². The topological polar surface area (TPSA) is 113 Å². The molecule has 2 aliphatic rings. The molecule has 0 unspecified atom stereocenters. The molecule has 3 aromatic rings. The second-order valence-electron chi connectivity index (χ2n) is 8.09. The van der Waals surface area contributed by atoms with Gasteiger partial charge in [0.1, 0.15) is 11.0 Å². The molecule has 2 amide bonds. The highest BCUT2D eigenvalue weighted by molar-refractivity contribution is 5.97. The van der Waals surface area contributed by atoms with E-state index in [9.17, 15) is 14.4 Å². The van der Waals surface area contributed by atoms with Gasteiger partial charge in [0.25, 0.3) is 11.5 Å². The molecule has 4 heterocycles. The molecule has 154 valence electrons. The molecule has 1 aromatic carbocycles. The van der Waals surface area contributed by atoms with Crippen molar-refractivity contribution in [2.24, 2.45) is 5.92 Å². The van der Waals surface area contributed by atoms with Crippen molar-refractivity contribution < 1.29 is 9.59 Å². The number of aromatic nitrogens is 4. The molecular formula is C21H22N6O3. The van der Waals surface area contributed by atoms with Gasteiger partial charge >= 0.3 is 0 Å². The number of carbonyl (C=O) groups excluding carboxylic acids is 2. The van der Waals surface area contributed by atoms with Gasteiger partial charge in [0.15, 0.2) is 0 Å². The summed E-state index contributed by atoms with van der Waals surface area (Å²) in [4.78, 5) is 39.3. The van der Waals surface area contributed by atoms with E-state index < -0.39 is 0 Å². The Morgan fingerprint density at radius 3 is 2.83 bits per heavy atom. The van der Waals surface area contributed by atoms with Crippen LogP contribution in [0.2, 0.25) is 0 Å². The van der Waals surface area contributed by atoms with Gasteiger partial charge in [-0.15, -0.1) is 0 Å². The molecule has 0 spiro atoms. The average molecular weight is 406 g/mol. The fourth-order valence-electron chi connectivity index (χ4n) is 4.87. The molecule has 0 saturated carbocycles.